The van der Waals surface area contributed by atoms with Gasteiger partial charge in [-0.1, -0.05) is 41.9 Å². The van der Waals surface area contributed by atoms with E-state index in [4.69, 9.17) is 5.21 Å². The first-order valence-corrected chi connectivity index (χ1v) is 6.39. The lowest BCUT2D eigenvalue weighted by atomic mass is 10.1. The maximum absolute atomic E-state index is 9.08. The van der Waals surface area contributed by atoms with Crippen molar-refractivity contribution in [3.05, 3.63) is 35.9 Å². The Morgan fingerprint density at radius 1 is 1.12 bits per heavy atom. The summed E-state index contributed by atoms with van der Waals surface area (Å²) in [6.07, 6.45) is 4.78. The lowest BCUT2D eigenvalue weighted by Crippen LogP contribution is -2.31. The molecule has 92 valence electrons. The molecular formula is C14H20N2O. The number of hydrogen-bond donors (Lipinski definition) is 1. The van der Waals surface area contributed by atoms with E-state index in [1.807, 2.05) is 30.3 Å². The molecule has 0 radical (unpaired) electrons. The molecule has 1 aliphatic heterocycles. The van der Waals surface area contributed by atoms with Crippen LogP contribution in [0.2, 0.25) is 0 Å². The van der Waals surface area contributed by atoms with Crippen LogP contribution in [0, 0.1) is 0 Å². The average molecular weight is 232 g/mol. The average Bonchev–Trinajstić information content (AvgIpc) is 2.42. The Kier molecular flexibility index (Phi) is 4.56. The fourth-order valence-corrected chi connectivity index (χ4v) is 2.33. The third-order valence-corrected chi connectivity index (χ3v) is 3.34. The second-order valence-corrected chi connectivity index (χ2v) is 4.57. The highest BCUT2D eigenvalue weighted by molar-refractivity contribution is 6.00. The highest BCUT2D eigenvalue weighted by atomic mass is 16.4. The molecule has 0 saturated carbocycles. The minimum Gasteiger partial charge on any atom is -0.411 e. The number of nitrogens with zero attached hydrogens (tertiary/aromatic N) is 2. The van der Waals surface area contributed by atoms with Crippen molar-refractivity contribution in [1.82, 2.24) is 4.90 Å². The number of benzene rings is 1. The maximum Gasteiger partial charge on any atom is 0.0880 e. The Morgan fingerprint density at radius 2 is 1.82 bits per heavy atom. The van der Waals surface area contributed by atoms with Crippen LogP contribution in [0.4, 0.5) is 0 Å². The minimum atomic E-state index is 0.788. The zero-order valence-electron chi connectivity index (χ0n) is 10.2. The van der Waals surface area contributed by atoms with E-state index in [9.17, 15) is 0 Å². The standard InChI is InChI=1S/C14H20N2O/c17-15-14(13-7-3-1-4-8-13)9-12-16-10-5-2-6-11-16/h1,3-4,7-8,17H,2,5-6,9-12H2/b15-14+. The van der Waals surface area contributed by atoms with Gasteiger partial charge in [-0.15, -0.1) is 0 Å². The molecule has 1 saturated heterocycles. The monoisotopic (exact) mass is 232 g/mol. The number of piperidine rings is 1. The van der Waals surface area contributed by atoms with Crippen LogP contribution in [0.15, 0.2) is 35.5 Å². The van der Waals surface area contributed by atoms with Gasteiger partial charge in [0.2, 0.25) is 0 Å². The largest absolute Gasteiger partial charge is 0.411 e. The predicted octanol–water partition coefficient (Wildman–Crippen LogP) is 2.74. The normalized spacial score (nSPS) is 18.2. The highest BCUT2D eigenvalue weighted by Gasteiger charge is 2.11. The summed E-state index contributed by atoms with van der Waals surface area (Å²) in [5.74, 6) is 0. The van der Waals surface area contributed by atoms with E-state index in [0.717, 1.165) is 24.2 Å². The molecular weight excluding hydrogens is 212 g/mol. The Morgan fingerprint density at radius 3 is 2.47 bits per heavy atom. The van der Waals surface area contributed by atoms with Gasteiger partial charge in [0.05, 0.1) is 5.71 Å². The summed E-state index contributed by atoms with van der Waals surface area (Å²) in [7, 11) is 0. The quantitative estimate of drug-likeness (QED) is 0.492. The molecule has 2 rings (SSSR count). The van der Waals surface area contributed by atoms with E-state index in [2.05, 4.69) is 10.1 Å². The van der Waals surface area contributed by atoms with Gasteiger partial charge < -0.3 is 10.1 Å². The van der Waals surface area contributed by atoms with Crippen molar-refractivity contribution >= 4 is 5.71 Å². The smallest absolute Gasteiger partial charge is 0.0880 e. The highest BCUT2D eigenvalue weighted by Crippen LogP contribution is 2.11. The summed E-state index contributed by atoms with van der Waals surface area (Å²) in [5.41, 5.74) is 1.81. The molecule has 0 aliphatic carbocycles. The summed E-state index contributed by atoms with van der Waals surface area (Å²) < 4.78 is 0. The lowest BCUT2D eigenvalue weighted by Gasteiger charge is -2.26. The van der Waals surface area contributed by atoms with Crippen LogP contribution in [0.25, 0.3) is 0 Å². The SMILES string of the molecule is O/N=C(\CCN1CCCCC1)c1ccccc1. The molecule has 3 heteroatoms. The lowest BCUT2D eigenvalue weighted by molar-refractivity contribution is 0.233. The number of rotatable bonds is 4. The molecule has 0 aromatic heterocycles. The van der Waals surface area contributed by atoms with Gasteiger partial charge in [0.25, 0.3) is 0 Å². The molecule has 0 spiro atoms. The first-order chi connectivity index (χ1) is 8.40. The van der Waals surface area contributed by atoms with E-state index in [1.54, 1.807) is 0 Å². The van der Waals surface area contributed by atoms with Gasteiger partial charge in [-0.25, -0.2) is 0 Å². The second kappa shape index (κ2) is 6.40. The van der Waals surface area contributed by atoms with E-state index in [1.165, 1.54) is 32.4 Å². The molecule has 1 aromatic rings. The van der Waals surface area contributed by atoms with Crippen molar-refractivity contribution in [3.8, 4) is 0 Å². The third-order valence-electron chi connectivity index (χ3n) is 3.34. The van der Waals surface area contributed by atoms with E-state index in [-0.39, 0.29) is 0 Å². The van der Waals surface area contributed by atoms with Crippen molar-refractivity contribution in [2.75, 3.05) is 19.6 Å². The van der Waals surface area contributed by atoms with Crippen LogP contribution >= 0.6 is 0 Å². The van der Waals surface area contributed by atoms with Gasteiger partial charge >= 0.3 is 0 Å². The van der Waals surface area contributed by atoms with Crippen LogP contribution in [-0.4, -0.2) is 35.5 Å². The summed E-state index contributed by atoms with van der Waals surface area (Å²) in [5, 5.41) is 12.5. The Labute approximate surface area is 103 Å². The van der Waals surface area contributed by atoms with Gasteiger partial charge in [-0.05, 0) is 31.5 Å². The molecule has 1 fully saturated rings. The molecule has 1 aliphatic rings. The van der Waals surface area contributed by atoms with Crippen molar-refractivity contribution in [2.24, 2.45) is 5.16 Å². The molecule has 3 nitrogen and oxygen atoms in total. The summed E-state index contributed by atoms with van der Waals surface area (Å²) >= 11 is 0. The fourth-order valence-electron chi connectivity index (χ4n) is 2.33. The van der Waals surface area contributed by atoms with Crippen molar-refractivity contribution in [3.63, 3.8) is 0 Å². The fraction of sp³-hybridized carbons (Fsp3) is 0.500. The van der Waals surface area contributed by atoms with Crippen LogP contribution in [0.5, 0.6) is 0 Å². The van der Waals surface area contributed by atoms with Gasteiger partial charge in [0, 0.05) is 13.0 Å². The van der Waals surface area contributed by atoms with Crippen molar-refractivity contribution < 1.29 is 5.21 Å². The van der Waals surface area contributed by atoms with E-state index >= 15 is 0 Å². The van der Waals surface area contributed by atoms with Gasteiger partial charge in [0.15, 0.2) is 0 Å². The molecule has 1 N–H and O–H groups in total. The van der Waals surface area contributed by atoms with E-state index in [0.29, 0.717) is 0 Å². The van der Waals surface area contributed by atoms with Crippen molar-refractivity contribution in [2.45, 2.75) is 25.7 Å². The Hall–Kier alpha value is -1.35. The third kappa shape index (κ3) is 3.56. The molecule has 0 atom stereocenters. The Bertz CT molecular complexity index is 356. The zero-order valence-corrected chi connectivity index (χ0v) is 10.2. The minimum absolute atomic E-state index is 0.788. The second-order valence-electron chi connectivity index (χ2n) is 4.57. The van der Waals surface area contributed by atoms with Gasteiger partial charge in [-0.3, -0.25) is 0 Å². The molecule has 0 bridgehead atoms. The maximum atomic E-state index is 9.08. The van der Waals surface area contributed by atoms with Crippen LogP contribution in [0.1, 0.15) is 31.2 Å². The zero-order chi connectivity index (χ0) is 11.9. The number of hydrogen-bond acceptors (Lipinski definition) is 3. The molecule has 1 heterocycles. The van der Waals surface area contributed by atoms with Crippen molar-refractivity contribution in [1.29, 1.82) is 0 Å². The molecule has 17 heavy (non-hydrogen) atoms. The number of likely N-dealkylation sites (tertiary alicyclic amines) is 1. The first-order valence-electron chi connectivity index (χ1n) is 6.39. The number of oxime groups is 1. The van der Waals surface area contributed by atoms with Crippen LogP contribution < -0.4 is 0 Å². The Balaban J connectivity index is 1.88. The molecule has 1 aromatic carbocycles. The molecule has 0 unspecified atom stereocenters. The summed E-state index contributed by atoms with van der Waals surface area (Å²) in [6.45, 7) is 3.37. The van der Waals surface area contributed by atoms with Crippen LogP contribution in [-0.2, 0) is 0 Å². The topological polar surface area (TPSA) is 35.8 Å². The summed E-state index contributed by atoms with van der Waals surface area (Å²) in [6, 6.07) is 9.91. The summed E-state index contributed by atoms with van der Waals surface area (Å²) in [4.78, 5) is 2.46. The van der Waals surface area contributed by atoms with Gasteiger partial charge in [-0.2, -0.15) is 0 Å². The molecule has 0 amide bonds. The predicted molar refractivity (Wildman–Crippen MR) is 69.7 cm³/mol. The van der Waals surface area contributed by atoms with E-state index < -0.39 is 0 Å². The van der Waals surface area contributed by atoms with Crippen LogP contribution in [0.3, 0.4) is 0 Å². The first kappa shape index (κ1) is 12.1. The van der Waals surface area contributed by atoms with Gasteiger partial charge in [0.1, 0.15) is 0 Å².